The summed E-state index contributed by atoms with van der Waals surface area (Å²) in [5.74, 6) is 0.570. The fourth-order valence-corrected chi connectivity index (χ4v) is 4.42. The summed E-state index contributed by atoms with van der Waals surface area (Å²) in [7, 11) is -3.22. The van der Waals surface area contributed by atoms with Crippen molar-refractivity contribution in [3.05, 3.63) is 23.8 Å². The first-order chi connectivity index (χ1) is 8.00. The molecule has 0 amide bonds. The van der Waals surface area contributed by atoms with Crippen LogP contribution in [0.4, 0.5) is 5.69 Å². The summed E-state index contributed by atoms with van der Waals surface area (Å²) in [5, 5.41) is 0. The average Bonchev–Trinajstić information content (AvgIpc) is 2.73. The van der Waals surface area contributed by atoms with Gasteiger partial charge in [0.05, 0.1) is 16.3 Å². The van der Waals surface area contributed by atoms with Crippen LogP contribution in [-0.2, 0) is 9.84 Å². The summed E-state index contributed by atoms with van der Waals surface area (Å²) >= 11 is 0. The number of nitrogens with two attached hydrogens (primary N) is 1. The zero-order valence-corrected chi connectivity index (χ0v) is 11.0. The standard InChI is InChI=1S/C13H19NO2S/c1-10-5-4-8-12(13(10)14)17(15,16)9-11-6-2-3-7-11/h4-5,8,11H,2-3,6-7,9,14H2,1H3. The number of rotatable bonds is 3. The number of aryl methyl sites for hydroxylation is 1. The quantitative estimate of drug-likeness (QED) is 0.842. The van der Waals surface area contributed by atoms with Crippen LogP contribution in [0, 0.1) is 12.8 Å². The Bertz CT molecular complexity index is 502. The Morgan fingerprint density at radius 2 is 1.94 bits per heavy atom. The maximum absolute atomic E-state index is 12.3. The normalized spacial score (nSPS) is 17.5. The first-order valence-electron chi connectivity index (χ1n) is 6.08. The molecule has 2 N–H and O–H groups in total. The summed E-state index contributed by atoms with van der Waals surface area (Å²) in [6.07, 6.45) is 4.38. The van der Waals surface area contributed by atoms with E-state index in [2.05, 4.69) is 0 Å². The third-order valence-electron chi connectivity index (χ3n) is 3.55. The fourth-order valence-electron chi connectivity index (χ4n) is 2.50. The highest BCUT2D eigenvalue weighted by Crippen LogP contribution is 2.30. The van der Waals surface area contributed by atoms with E-state index < -0.39 is 9.84 Å². The van der Waals surface area contributed by atoms with Gasteiger partial charge in [-0.3, -0.25) is 0 Å². The molecular formula is C13H19NO2S. The lowest BCUT2D eigenvalue weighted by Crippen LogP contribution is -2.15. The van der Waals surface area contributed by atoms with Crippen LogP contribution in [0.5, 0.6) is 0 Å². The van der Waals surface area contributed by atoms with Gasteiger partial charge in [-0.05, 0) is 37.3 Å². The van der Waals surface area contributed by atoms with Crippen molar-refractivity contribution in [3.8, 4) is 0 Å². The third kappa shape index (κ3) is 2.63. The lowest BCUT2D eigenvalue weighted by Gasteiger charge is -2.12. The Labute approximate surface area is 103 Å². The molecule has 1 aromatic carbocycles. The average molecular weight is 253 g/mol. The molecule has 17 heavy (non-hydrogen) atoms. The molecule has 1 saturated carbocycles. The van der Waals surface area contributed by atoms with Crippen LogP contribution in [0.25, 0.3) is 0 Å². The minimum absolute atomic E-state index is 0.251. The van der Waals surface area contributed by atoms with Crippen LogP contribution in [0.2, 0.25) is 0 Å². The molecule has 0 bridgehead atoms. The minimum Gasteiger partial charge on any atom is -0.397 e. The molecule has 0 atom stereocenters. The molecule has 0 aliphatic heterocycles. The molecule has 4 heteroatoms. The second kappa shape index (κ2) is 4.69. The first kappa shape index (κ1) is 12.4. The molecular weight excluding hydrogens is 234 g/mol. The summed E-state index contributed by atoms with van der Waals surface area (Å²) in [5.41, 5.74) is 7.10. The van der Waals surface area contributed by atoms with E-state index in [1.54, 1.807) is 12.1 Å². The van der Waals surface area contributed by atoms with E-state index in [0.29, 0.717) is 16.5 Å². The van der Waals surface area contributed by atoms with Gasteiger partial charge in [-0.25, -0.2) is 8.42 Å². The minimum atomic E-state index is -3.22. The highest BCUT2D eigenvalue weighted by molar-refractivity contribution is 7.91. The number of anilines is 1. The molecule has 1 aliphatic carbocycles. The van der Waals surface area contributed by atoms with E-state index in [0.717, 1.165) is 31.2 Å². The maximum atomic E-state index is 12.3. The maximum Gasteiger partial charge on any atom is 0.180 e. The lowest BCUT2D eigenvalue weighted by molar-refractivity contribution is 0.559. The van der Waals surface area contributed by atoms with Gasteiger partial charge in [0.15, 0.2) is 9.84 Å². The molecule has 1 aliphatic rings. The second-order valence-corrected chi connectivity index (χ2v) is 6.92. The molecule has 0 aromatic heterocycles. The summed E-state index contributed by atoms with van der Waals surface area (Å²) in [6.45, 7) is 1.84. The van der Waals surface area contributed by atoms with Crippen molar-refractivity contribution < 1.29 is 8.42 Å². The monoisotopic (exact) mass is 253 g/mol. The Hall–Kier alpha value is -1.03. The summed E-state index contributed by atoms with van der Waals surface area (Å²) in [4.78, 5) is 0.310. The van der Waals surface area contributed by atoms with Crippen molar-refractivity contribution in [3.63, 3.8) is 0 Å². The van der Waals surface area contributed by atoms with Crippen molar-refractivity contribution in [2.24, 2.45) is 5.92 Å². The van der Waals surface area contributed by atoms with Crippen molar-refractivity contribution in [2.45, 2.75) is 37.5 Å². The van der Waals surface area contributed by atoms with Crippen molar-refractivity contribution in [1.29, 1.82) is 0 Å². The zero-order chi connectivity index (χ0) is 12.5. The van der Waals surface area contributed by atoms with Crippen molar-refractivity contribution in [1.82, 2.24) is 0 Å². The van der Waals surface area contributed by atoms with Gasteiger partial charge in [0, 0.05) is 0 Å². The van der Waals surface area contributed by atoms with Crippen LogP contribution < -0.4 is 5.73 Å². The highest BCUT2D eigenvalue weighted by Gasteiger charge is 2.25. The third-order valence-corrected chi connectivity index (χ3v) is 5.49. The molecule has 1 fully saturated rings. The van der Waals surface area contributed by atoms with Crippen LogP contribution in [0.1, 0.15) is 31.2 Å². The number of sulfone groups is 1. The lowest BCUT2D eigenvalue weighted by atomic mass is 10.1. The Morgan fingerprint density at radius 3 is 2.59 bits per heavy atom. The fraction of sp³-hybridized carbons (Fsp3) is 0.538. The predicted octanol–water partition coefficient (Wildman–Crippen LogP) is 2.54. The van der Waals surface area contributed by atoms with E-state index >= 15 is 0 Å². The van der Waals surface area contributed by atoms with Crippen molar-refractivity contribution in [2.75, 3.05) is 11.5 Å². The molecule has 0 heterocycles. The highest BCUT2D eigenvalue weighted by atomic mass is 32.2. The van der Waals surface area contributed by atoms with E-state index in [4.69, 9.17) is 5.73 Å². The molecule has 0 unspecified atom stereocenters. The first-order valence-corrected chi connectivity index (χ1v) is 7.74. The molecule has 0 radical (unpaired) electrons. The largest absolute Gasteiger partial charge is 0.397 e. The molecule has 94 valence electrons. The number of para-hydroxylation sites is 1. The van der Waals surface area contributed by atoms with Crippen LogP contribution in [0.15, 0.2) is 23.1 Å². The molecule has 2 rings (SSSR count). The van der Waals surface area contributed by atoms with Gasteiger partial charge in [0.2, 0.25) is 0 Å². The number of benzene rings is 1. The Morgan fingerprint density at radius 1 is 1.29 bits per heavy atom. The predicted molar refractivity (Wildman–Crippen MR) is 69.6 cm³/mol. The molecule has 1 aromatic rings. The molecule has 0 spiro atoms. The Balaban J connectivity index is 2.28. The van der Waals surface area contributed by atoms with E-state index in [-0.39, 0.29) is 5.75 Å². The van der Waals surface area contributed by atoms with E-state index in [1.165, 1.54) is 0 Å². The SMILES string of the molecule is Cc1cccc(S(=O)(=O)CC2CCCC2)c1N. The molecule has 3 nitrogen and oxygen atoms in total. The second-order valence-electron chi connectivity index (χ2n) is 4.92. The van der Waals surface area contributed by atoms with Gasteiger partial charge in [0.1, 0.15) is 0 Å². The number of nitrogen functional groups attached to an aromatic ring is 1. The van der Waals surface area contributed by atoms with Crippen LogP contribution >= 0.6 is 0 Å². The smallest absolute Gasteiger partial charge is 0.180 e. The van der Waals surface area contributed by atoms with Gasteiger partial charge in [-0.15, -0.1) is 0 Å². The van der Waals surface area contributed by atoms with E-state index in [9.17, 15) is 8.42 Å². The van der Waals surface area contributed by atoms with Crippen LogP contribution in [-0.4, -0.2) is 14.2 Å². The summed E-state index contributed by atoms with van der Waals surface area (Å²) < 4.78 is 24.6. The Kier molecular flexibility index (Phi) is 3.43. The van der Waals surface area contributed by atoms with Crippen molar-refractivity contribution >= 4 is 15.5 Å². The topological polar surface area (TPSA) is 60.2 Å². The van der Waals surface area contributed by atoms with Gasteiger partial charge in [0.25, 0.3) is 0 Å². The number of hydrogen-bond donors (Lipinski definition) is 1. The van der Waals surface area contributed by atoms with Gasteiger partial charge < -0.3 is 5.73 Å². The van der Waals surface area contributed by atoms with E-state index in [1.807, 2.05) is 13.0 Å². The summed E-state index contributed by atoms with van der Waals surface area (Å²) in [6, 6.07) is 5.21. The van der Waals surface area contributed by atoms with Gasteiger partial charge >= 0.3 is 0 Å². The molecule has 0 saturated heterocycles. The zero-order valence-electron chi connectivity index (χ0n) is 10.1. The van der Waals surface area contributed by atoms with Gasteiger partial charge in [-0.1, -0.05) is 25.0 Å². The van der Waals surface area contributed by atoms with Crippen LogP contribution in [0.3, 0.4) is 0 Å². The number of hydrogen-bond acceptors (Lipinski definition) is 3. The van der Waals surface area contributed by atoms with Gasteiger partial charge in [-0.2, -0.15) is 0 Å².